The zero-order valence-corrected chi connectivity index (χ0v) is 11.4. The van der Waals surface area contributed by atoms with Gasteiger partial charge < -0.3 is 5.73 Å². The molecule has 0 aromatic heterocycles. The number of anilines is 1. The maximum atomic E-state index is 5.88. The summed E-state index contributed by atoms with van der Waals surface area (Å²) in [4.78, 5) is 2.64. The van der Waals surface area contributed by atoms with E-state index in [1.54, 1.807) is 0 Å². The molecule has 0 amide bonds. The highest BCUT2D eigenvalue weighted by Gasteiger charge is 2.30. The summed E-state index contributed by atoms with van der Waals surface area (Å²) >= 11 is 0. The van der Waals surface area contributed by atoms with Crippen molar-refractivity contribution in [3.63, 3.8) is 0 Å². The molecular weight excluding hydrogens is 220 g/mol. The summed E-state index contributed by atoms with van der Waals surface area (Å²) in [6.45, 7) is 0. The molecule has 98 valence electrons. The minimum Gasteiger partial charge on any atom is -0.399 e. The molecule has 0 aliphatic heterocycles. The van der Waals surface area contributed by atoms with Crippen molar-refractivity contribution < 1.29 is 0 Å². The Morgan fingerprint density at radius 2 is 1.89 bits per heavy atom. The van der Waals surface area contributed by atoms with Gasteiger partial charge in [-0.3, -0.25) is 4.90 Å². The standard InChI is InChI=1S/C16H24N2/c1-18(14-5-3-2-4-6-14)16-10-7-12-11-13(17)8-9-15(12)16/h8-9,11,14,16H,2-7,10,17H2,1H3. The third-order valence-electron chi connectivity index (χ3n) is 4.86. The Labute approximate surface area is 110 Å². The number of aryl methyl sites for hydroxylation is 1. The number of rotatable bonds is 2. The first-order valence-electron chi connectivity index (χ1n) is 7.36. The largest absolute Gasteiger partial charge is 0.399 e. The molecule has 1 aromatic carbocycles. The van der Waals surface area contributed by atoms with Crippen molar-refractivity contribution in [2.24, 2.45) is 0 Å². The van der Waals surface area contributed by atoms with E-state index >= 15 is 0 Å². The van der Waals surface area contributed by atoms with E-state index in [0.717, 1.165) is 11.7 Å². The van der Waals surface area contributed by atoms with Gasteiger partial charge >= 0.3 is 0 Å². The first kappa shape index (κ1) is 12.0. The fourth-order valence-electron chi connectivity index (χ4n) is 3.78. The molecule has 2 aliphatic carbocycles. The van der Waals surface area contributed by atoms with Gasteiger partial charge in [0, 0.05) is 17.8 Å². The Kier molecular flexibility index (Phi) is 3.29. The summed E-state index contributed by atoms with van der Waals surface area (Å²) in [5.74, 6) is 0. The first-order valence-corrected chi connectivity index (χ1v) is 7.36. The molecule has 1 unspecified atom stereocenters. The van der Waals surface area contributed by atoms with Gasteiger partial charge in [0.25, 0.3) is 0 Å². The van der Waals surface area contributed by atoms with E-state index < -0.39 is 0 Å². The number of nitrogens with two attached hydrogens (primary N) is 1. The van der Waals surface area contributed by atoms with Crippen LogP contribution in [0.1, 0.15) is 55.7 Å². The summed E-state index contributed by atoms with van der Waals surface area (Å²) in [5, 5.41) is 0. The highest BCUT2D eigenvalue weighted by atomic mass is 15.2. The molecule has 2 N–H and O–H groups in total. The predicted molar refractivity (Wildman–Crippen MR) is 76.6 cm³/mol. The van der Waals surface area contributed by atoms with Gasteiger partial charge in [-0.15, -0.1) is 0 Å². The van der Waals surface area contributed by atoms with Crippen molar-refractivity contribution in [1.82, 2.24) is 4.90 Å². The maximum absolute atomic E-state index is 5.88. The van der Waals surface area contributed by atoms with E-state index in [2.05, 4.69) is 30.1 Å². The van der Waals surface area contributed by atoms with Gasteiger partial charge in [-0.1, -0.05) is 25.3 Å². The molecule has 1 aromatic rings. The Balaban J connectivity index is 1.78. The maximum Gasteiger partial charge on any atom is 0.0353 e. The average Bonchev–Trinajstić information content (AvgIpc) is 2.81. The molecule has 2 heteroatoms. The quantitative estimate of drug-likeness (QED) is 0.807. The molecule has 0 bridgehead atoms. The highest BCUT2D eigenvalue weighted by Crippen LogP contribution is 2.38. The van der Waals surface area contributed by atoms with E-state index in [1.807, 2.05) is 0 Å². The van der Waals surface area contributed by atoms with Crippen LogP contribution in [0.4, 0.5) is 5.69 Å². The molecule has 1 saturated carbocycles. The number of benzene rings is 1. The Hall–Kier alpha value is -1.02. The Morgan fingerprint density at radius 3 is 2.67 bits per heavy atom. The fraction of sp³-hybridized carbons (Fsp3) is 0.625. The van der Waals surface area contributed by atoms with Gasteiger partial charge in [0.1, 0.15) is 0 Å². The monoisotopic (exact) mass is 244 g/mol. The van der Waals surface area contributed by atoms with Crippen molar-refractivity contribution in [2.75, 3.05) is 12.8 Å². The van der Waals surface area contributed by atoms with Crippen molar-refractivity contribution in [2.45, 2.75) is 57.0 Å². The van der Waals surface area contributed by atoms with Gasteiger partial charge in [-0.25, -0.2) is 0 Å². The average molecular weight is 244 g/mol. The molecule has 0 spiro atoms. The Bertz CT molecular complexity index is 421. The molecule has 1 fully saturated rings. The zero-order valence-electron chi connectivity index (χ0n) is 11.4. The molecule has 2 aliphatic rings. The Morgan fingerprint density at radius 1 is 1.11 bits per heavy atom. The summed E-state index contributed by atoms with van der Waals surface area (Å²) in [6, 6.07) is 7.91. The second kappa shape index (κ2) is 4.93. The molecule has 18 heavy (non-hydrogen) atoms. The van der Waals surface area contributed by atoms with E-state index in [0.29, 0.717) is 6.04 Å². The molecule has 3 rings (SSSR count). The summed E-state index contributed by atoms with van der Waals surface area (Å²) in [5.41, 5.74) is 9.79. The molecular formula is C16H24N2. The van der Waals surface area contributed by atoms with Crippen LogP contribution in [0.25, 0.3) is 0 Å². The van der Waals surface area contributed by atoms with Crippen LogP contribution in [0.2, 0.25) is 0 Å². The van der Waals surface area contributed by atoms with Crippen LogP contribution in [-0.2, 0) is 6.42 Å². The smallest absolute Gasteiger partial charge is 0.0353 e. The highest BCUT2D eigenvalue weighted by molar-refractivity contribution is 5.47. The lowest BCUT2D eigenvalue weighted by Crippen LogP contribution is -2.35. The lowest BCUT2D eigenvalue weighted by molar-refractivity contribution is 0.137. The van der Waals surface area contributed by atoms with E-state index in [4.69, 9.17) is 5.73 Å². The molecule has 1 atom stereocenters. The van der Waals surface area contributed by atoms with Gasteiger partial charge in [-0.05, 0) is 56.0 Å². The van der Waals surface area contributed by atoms with Crippen LogP contribution >= 0.6 is 0 Å². The summed E-state index contributed by atoms with van der Waals surface area (Å²) in [7, 11) is 2.33. The second-order valence-corrected chi connectivity index (χ2v) is 5.97. The molecule has 0 saturated heterocycles. The van der Waals surface area contributed by atoms with E-state index in [9.17, 15) is 0 Å². The van der Waals surface area contributed by atoms with Gasteiger partial charge in [0.15, 0.2) is 0 Å². The predicted octanol–water partition coefficient (Wildman–Crippen LogP) is 3.52. The fourth-order valence-corrected chi connectivity index (χ4v) is 3.78. The topological polar surface area (TPSA) is 29.3 Å². The van der Waals surface area contributed by atoms with Crippen LogP contribution in [0.15, 0.2) is 18.2 Å². The zero-order chi connectivity index (χ0) is 12.5. The number of hydrogen-bond donors (Lipinski definition) is 1. The van der Waals surface area contributed by atoms with E-state index in [1.165, 1.54) is 56.1 Å². The van der Waals surface area contributed by atoms with Gasteiger partial charge in [-0.2, -0.15) is 0 Å². The van der Waals surface area contributed by atoms with Gasteiger partial charge in [0.2, 0.25) is 0 Å². The number of nitrogens with zero attached hydrogens (tertiary/aromatic N) is 1. The van der Waals surface area contributed by atoms with Gasteiger partial charge in [0.05, 0.1) is 0 Å². The summed E-state index contributed by atoms with van der Waals surface area (Å²) < 4.78 is 0. The number of fused-ring (bicyclic) bond motifs is 1. The minimum absolute atomic E-state index is 0.628. The SMILES string of the molecule is CN(C1CCCCC1)C1CCc2cc(N)ccc21. The summed E-state index contributed by atoms with van der Waals surface area (Å²) in [6.07, 6.45) is 9.50. The van der Waals surface area contributed by atoms with Crippen molar-refractivity contribution in [3.05, 3.63) is 29.3 Å². The van der Waals surface area contributed by atoms with Crippen molar-refractivity contribution in [1.29, 1.82) is 0 Å². The normalized spacial score (nSPS) is 24.4. The first-order chi connectivity index (χ1) is 8.75. The van der Waals surface area contributed by atoms with Crippen molar-refractivity contribution >= 4 is 5.69 Å². The molecule has 0 heterocycles. The number of nitrogen functional groups attached to an aromatic ring is 1. The van der Waals surface area contributed by atoms with Crippen LogP contribution in [-0.4, -0.2) is 18.0 Å². The third kappa shape index (κ3) is 2.14. The minimum atomic E-state index is 0.628. The molecule has 0 radical (unpaired) electrons. The number of hydrogen-bond acceptors (Lipinski definition) is 2. The van der Waals surface area contributed by atoms with Crippen LogP contribution in [0.3, 0.4) is 0 Å². The lowest BCUT2D eigenvalue weighted by atomic mass is 9.92. The lowest BCUT2D eigenvalue weighted by Gasteiger charge is -2.36. The van der Waals surface area contributed by atoms with Crippen LogP contribution in [0.5, 0.6) is 0 Å². The second-order valence-electron chi connectivity index (χ2n) is 5.97. The van der Waals surface area contributed by atoms with E-state index in [-0.39, 0.29) is 0 Å². The van der Waals surface area contributed by atoms with Crippen LogP contribution < -0.4 is 5.73 Å². The molecule has 2 nitrogen and oxygen atoms in total. The van der Waals surface area contributed by atoms with Crippen LogP contribution in [0, 0.1) is 0 Å². The van der Waals surface area contributed by atoms with Crippen molar-refractivity contribution in [3.8, 4) is 0 Å². The third-order valence-corrected chi connectivity index (χ3v) is 4.86.